The van der Waals surface area contributed by atoms with Crippen molar-refractivity contribution in [2.45, 2.75) is 32.4 Å². The lowest BCUT2D eigenvalue weighted by molar-refractivity contribution is 0.192. The van der Waals surface area contributed by atoms with Crippen molar-refractivity contribution < 1.29 is 13.2 Å². The Balaban J connectivity index is 5.28. The highest BCUT2D eigenvalue weighted by molar-refractivity contribution is 5.43. The Labute approximate surface area is 80.3 Å². The monoisotopic (exact) mass is 202 g/mol. The second-order valence-corrected chi connectivity index (χ2v) is 2.75. The summed E-state index contributed by atoms with van der Waals surface area (Å²) in [6, 6.07) is 2.68. The van der Waals surface area contributed by atoms with Crippen LogP contribution in [0.1, 0.15) is 13.8 Å². The van der Waals surface area contributed by atoms with Gasteiger partial charge in [0.15, 0.2) is 6.17 Å². The molecule has 0 saturated carbocycles. The van der Waals surface area contributed by atoms with Gasteiger partial charge in [0, 0.05) is 5.57 Å². The first-order chi connectivity index (χ1) is 6.45. The molecule has 0 aromatic heterocycles. The second-order valence-electron chi connectivity index (χ2n) is 2.75. The summed E-state index contributed by atoms with van der Waals surface area (Å²) in [7, 11) is 0. The summed E-state index contributed by atoms with van der Waals surface area (Å²) < 4.78 is 38.5. The molecule has 2 nitrogen and oxygen atoms in total. The predicted octanol–water partition coefficient (Wildman–Crippen LogP) is 2.38. The first kappa shape index (κ1) is 12.5. The van der Waals surface area contributed by atoms with E-state index in [4.69, 9.17) is 10.5 Å². The maximum Gasteiger partial charge on any atom is 0.157 e. The number of nitrogens with zero attached hydrogens (tertiary/aromatic N) is 2. The van der Waals surface area contributed by atoms with Gasteiger partial charge in [-0.3, -0.25) is 0 Å². The summed E-state index contributed by atoms with van der Waals surface area (Å²) in [5.74, 6) is 0. The molecular formula is C9H9F3N2. The predicted molar refractivity (Wildman–Crippen MR) is 44.3 cm³/mol. The first-order valence-electron chi connectivity index (χ1n) is 3.92. The second kappa shape index (κ2) is 5.29. The quantitative estimate of drug-likeness (QED) is 0.659. The van der Waals surface area contributed by atoms with E-state index in [-0.39, 0.29) is 0 Å². The van der Waals surface area contributed by atoms with Crippen LogP contribution < -0.4 is 0 Å². The smallest absolute Gasteiger partial charge is 0.157 e. The summed E-state index contributed by atoms with van der Waals surface area (Å²) >= 11 is 0. The van der Waals surface area contributed by atoms with Crippen LogP contribution in [0.3, 0.4) is 0 Å². The highest BCUT2D eigenvalue weighted by atomic mass is 19.2. The number of hydrogen-bond donors (Lipinski definition) is 0. The molecule has 76 valence electrons. The van der Waals surface area contributed by atoms with E-state index in [2.05, 4.69) is 0 Å². The van der Waals surface area contributed by atoms with Crippen LogP contribution in [0.2, 0.25) is 0 Å². The SMILES string of the molecule is CC(F)C(=C(C#N)C#N)C(F)[C@H](C)F. The first-order valence-corrected chi connectivity index (χ1v) is 3.92. The Hall–Kier alpha value is -1.49. The summed E-state index contributed by atoms with van der Waals surface area (Å²) in [6.45, 7) is 1.86. The van der Waals surface area contributed by atoms with Crippen molar-refractivity contribution >= 4 is 0 Å². The maximum absolute atomic E-state index is 13.1. The van der Waals surface area contributed by atoms with Gasteiger partial charge in [0.05, 0.1) is 0 Å². The third-order valence-electron chi connectivity index (χ3n) is 1.64. The molecule has 0 radical (unpaired) electrons. The van der Waals surface area contributed by atoms with E-state index in [1.165, 1.54) is 12.1 Å². The highest BCUT2D eigenvalue weighted by Gasteiger charge is 2.28. The fourth-order valence-electron chi connectivity index (χ4n) is 0.958. The van der Waals surface area contributed by atoms with Gasteiger partial charge in [-0.2, -0.15) is 10.5 Å². The van der Waals surface area contributed by atoms with E-state index >= 15 is 0 Å². The number of alkyl halides is 3. The van der Waals surface area contributed by atoms with Crippen molar-refractivity contribution in [3.8, 4) is 12.1 Å². The lowest BCUT2D eigenvalue weighted by Gasteiger charge is -2.14. The van der Waals surface area contributed by atoms with Crippen LogP contribution in [0.4, 0.5) is 13.2 Å². The number of nitriles is 2. The van der Waals surface area contributed by atoms with Crippen molar-refractivity contribution in [3.63, 3.8) is 0 Å². The molecule has 0 fully saturated rings. The van der Waals surface area contributed by atoms with Crippen LogP contribution in [0.5, 0.6) is 0 Å². The number of allylic oxidation sites excluding steroid dienone is 2. The molecule has 0 aliphatic heterocycles. The van der Waals surface area contributed by atoms with E-state index < -0.39 is 29.7 Å². The molecular weight excluding hydrogens is 193 g/mol. The number of halogens is 3. The Morgan fingerprint density at radius 3 is 1.71 bits per heavy atom. The van der Waals surface area contributed by atoms with Gasteiger partial charge in [-0.25, -0.2) is 13.2 Å². The molecule has 0 aromatic carbocycles. The third-order valence-corrected chi connectivity index (χ3v) is 1.64. The maximum atomic E-state index is 13.1. The van der Waals surface area contributed by atoms with E-state index in [1.54, 1.807) is 0 Å². The molecule has 5 heteroatoms. The topological polar surface area (TPSA) is 47.6 Å². The Kier molecular flexibility index (Phi) is 4.72. The van der Waals surface area contributed by atoms with Gasteiger partial charge in [0.25, 0.3) is 0 Å². The molecule has 14 heavy (non-hydrogen) atoms. The van der Waals surface area contributed by atoms with E-state index in [0.29, 0.717) is 0 Å². The van der Waals surface area contributed by atoms with Gasteiger partial charge in [0.1, 0.15) is 30.1 Å². The van der Waals surface area contributed by atoms with Gasteiger partial charge in [-0.1, -0.05) is 0 Å². The van der Waals surface area contributed by atoms with Gasteiger partial charge in [-0.05, 0) is 13.8 Å². The largest absolute Gasteiger partial charge is 0.244 e. The van der Waals surface area contributed by atoms with Crippen LogP contribution in [0.25, 0.3) is 0 Å². The van der Waals surface area contributed by atoms with Gasteiger partial charge >= 0.3 is 0 Å². The minimum atomic E-state index is -2.25. The van der Waals surface area contributed by atoms with E-state index in [9.17, 15) is 13.2 Å². The van der Waals surface area contributed by atoms with Crippen molar-refractivity contribution in [2.75, 3.05) is 0 Å². The summed E-state index contributed by atoms with van der Waals surface area (Å²) in [6.07, 6.45) is -6.04. The van der Waals surface area contributed by atoms with Crippen LogP contribution >= 0.6 is 0 Å². The molecule has 0 amide bonds. The minimum absolute atomic E-state index is 0.697. The molecule has 3 atom stereocenters. The molecule has 0 rings (SSSR count). The summed E-state index contributed by atoms with van der Waals surface area (Å²) in [5, 5.41) is 16.8. The van der Waals surface area contributed by atoms with Gasteiger partial charge in [0.2, 0.25) is 0 Å². The molecule has 0 saturated heterocycles. The standard InChI is InChI=1S/C9H9F3N2/c1-5(10)8(7(3-13)4-14)9(12)6(2)11/h5-6,9H,1-2H3/t5?,6-,9?/m0/s1. The fraction of sp³-hybridized carbons (Fsp3) is 0.556. The number of rotatable bonds is 3. The normalized spacial score (nSPS) is 15.9. The molecule has 0 bridgehead atoms. The zero-order valence-electron chi connectivity index (χ0n) is 7.76. The Morgan fingerprint density at radius 1 is 1.07 bits per heavy atom. The zero-order valence-corrected chi connectivity index (χ0v) is 7.76. The van der Waals surface area contributed by atoms with Crippen LogP contribution in [0.15, 0.2) is 11.1 Å². The Morgan fingerprint density at radius 2 is 1.50 bits per heavy atom. The number of hydrogen-bond acceptors (Lipinski definition) is 2. The molecule has 0 heterocycles. The highest BCUT2D eigenvalue weighted by Crippen LogP contribution is 2.22. The average molecular weight is 202 g/mol. The van der Waals surface area contributed by atoms with Gasteiger partial charge in [-0.15, -0.1) is 0 Å². The molecule has 2 unspecified atom stereocenters. The molecule has 0 N–H and O–H groups in total. The molecule has 0 aliphatic rings. The molecule has 0 aliphatic carbocycles. The fourth-order valence-corrected chi connectivity index (χ4v) is 0.958. The minimum Gasteiger partial charge on any atom is -0.244 e. The van der Waals surface area contributed by atoms with Crippen LogP contribution in [0, 0.1) is 22.7 Å². The van der Waals surface area contributed by atoms with Crippen molar-refractivity contribution in [1.29, 1.82) is 10.5 Å². The lowest BCUT2D eigenvalue weighted by Crippen LogP contribution is -2.23. The molecule has 0 aromatic rings. The summed E-state index contributed by atoms with van der Waals surface area (Å²) in [5.41, 5.74) is -1.41. The summed E-state index contributed by atoms with van der Waals surface area (Å²) in [4.78, 5) is 0. The third kappa shape index (κ3) is 2.77. The average Bonchev–Trinajstić information content (AvgIpc) is 2.12. The van der Waals surface area contributed by atoms with Crippen molar-refractivity contribution in [2.24, 2.45) is 0 Å². The van der Waals surface area contributed by atoms with E-state index in [1.807, 2.05) is 0 Å². The molecule has 0 spiro atoms. The van der Waals surface area contributed by atoms with Crippen molar-refractivity contribution in [3.05, 3.63) is 11.1 Å². The van der Waals surface area contributed by atoms with Gasteiger partial charge < -0.3 is 0 Å². The van der Waals surface area contributed by atoms with Crippen LogP contribution in [-0.2, 0) is 0 Å². The van der Waals surface area contributed by atoms with Crippen molar-refractivity contribution in [1.82, 2.24) is 0 Å². The lowest BCUT2D eigenvalue weighted by atomic mass is 9.98. The Bertz CT molecular complexity index is 291. The van der Waals surface area contributed by atoms with Crippen LogP contribution in [-0.4, -0.2) is 18.5 Å². The zero-order chi connectivity index (χ0) is 11.3. The van der Waals surface area contributed by atoms with E-state index in [0.717, 1.165) is 13.8 Å².